The topological polar surface area (TPSA) is 198 Å². The molecule has 0 radical (unpaired) electrons. The molecule has 0 fully saturated rings. The van der Waals surface area contributed by atoms with Crippen molar-refractivity contribution in [1.82, 2.24) is 25.6 Å². The van der Waals surface area contributed by atoms with Crippen molar-refractivity contribution in [3.8, 4) is 22.6 Å². The molecule has 8 N–H and O–H groups in total. The first kappa shape index (κ1) is 48.8. The Morgan fingerprint density at radius 3 is 2.00 bits per heavy atom. The molecule has 0 aliphatic carbocycles. The van der Waals surface area contributed by atoms with Crippen LogP contribution in [0, 0.1) is 5.92 Å². The highest BCUT2D eigenvalue weighted by atomic mass is 35.5. The van der Waals surface area contributed by atoms with Crippen molar-refractivity contribution < 1.29 is 19.1 Å². The molecule has 1 heterocycles. The van der Waals surface area contributed by atoms with Crippen molar-refractivity contribution in [1.29, 1.82) is 0 Å². The number of benzene rings is 5. The number of nitrogens with one attached hydrogen (secondary N) is 2. The monoisotopic (exact) mass is 883 g/mol. The van der Waals surface area contributed by atoms with Gasteiger partial charge in [0.15, 0.2) is 5.96 Å². The molecule has 0 spiro atoms. The number of rotatable bonds is 22. The molecule has 6 aromatic rings. The molecule has 0 aliphatic heterocycles. The molecule has 2 amide bonds. The van der Waals surface area contributed by atoms with E-state index in [9.17, 15) is 9.59 Å². The molecule has 2 atom stereocenters. The average Bonchev–Trinajstić information content (AvgIpc) is 3.73. The first-order valence-corrected chi connectivity index (χ1v) is 20.8. The molecule has 0 aliphatic rings. The molecule has 13 nitrogen and oxygen atoms in total. The van der Waals surface area contributed by atoms with Gasteiger partial charge in [-0.25, -0.2) is 4.68 Å². The summed E-state index contributed by atoms with van der Waals surface area (Å²) in [6.07, 6.45) is 5.28. The Bertz CT molecular complexity index is 2370. The SMILES string of the molecule is CC(C)CCOc1ccc2ccccc2c1-c1c(OCc2cn([C@H](CCCCN)C(=O)N[C@H](CCCN=C(N)N)C(=O)NCc3ccccc3)nn2)ccc2ccccc12.Cl.Cl. The molecule has 0 unspecified atom stereocenters. The van der Waals surface area contributed by atoms with Crippen molar-refractivity contribution in [2.75, 3.05) is 19.7 Å². The van der Waals surface area contributed by atoms with Gasteiger partial charge in [-0.2, -0.15) is 0 Å². The normalized spacial score (nSPS) is 11.9. The Kier molecular flexibility index (Phi) is 19.3. The largest absolute Gasteiger partial charge is 0.493 e. The zero-order valence-electron chi connectivity index (χ0n) is 35.4. The third-order valence-corrected chi connectivity index (χ3v) is 10.4. The van der Waals surface area contributed by atoms with Crippen LogP contribution in [0.5, 0.6) is 11.5 Å². The first-order chi connectivity index (χ1) is 29.2. The standard InChI is InChI=1S/C47H57N9O4.2ClH/c1-32(2)25-28-59-41-23-21-34-15-6-8-17-37(34)43(41)44-38-18-9-7-16-35(38)22-24-42(44)60-31-36-30-56(55-54-36)40(20-10-11-26-48)46(58)53-39(19-12-27-51-47(49)50)45(57)52-29-33-13-4-3-5-14-33;;/h3-9,13-18,21-24,30,32,39-40H,10-12,19-20,25-29,31,48H2,1-2H3,(H,52,57)(H,53,58)(H4,49,50,51);2*1H/t39-,40-;;/m1../s1. The van der Waals surface area contributed by atoms with E-state index in [2.05, 4.69) is 76.2 Å². The van der Waals surface area contributed by atoms with Gasteiger partial charge in [-0.3, -0.25) is 14.6 Å². The number of halogens is 2. The second kappa shape index (κ2) is 24.5. The second-order valence-corrected chi connectivity index (χ2v) is 15.3. The van der Waals surface area contributed by atoms with Crippen molar-refractivity contribution in [2.24, 2.45) is 28.1 Å². The Morgan fingerprint density at radius 2 is 1.37 bits per heavy atom. The predicted molar refractivity (Wildman–Crippen MR) is 253 cm³/mol. The lowest BCUT2D eigenvalue weighted by Crippen LogP contribution is -2.48. The third kappa shape index (κ3) is 13.3. The van der Waals surface area contributed by atoms with Crippen molar-refractivity contribution in [2.45, 2.75) is 77.6 Å². The lowest BCUT2D eigenvalue weighted by molar-refractivity contribution is -0.131. The zero-order valence-corrected chi connectivity index (χ0v) is 37.0. The highest BCUT2D eigenvalue weighted by Gasteiger charge is 2.28. The predicted octanol–water partition coefficient (Wildman–Crippen LogP) is 7.62. The van der Waals surface area contributed by atoms with Crippen LogP contribution in [-0.2, 0) is 22.7 Å². The molecular weight excluding hydrogens is 825 g/mol. The minimum absolute atomic E-state index is 0. The third-order valence-electron chi connectivity index (χ3n) is 10.4. The molecule has 5 aromatic carbocycles. The second-order valence-electron chi connectivity index (χ2n) is 15.3. The maximum atomic E-state index is 14.1. The van der Waals surface area contributed by atoms with E-state index >= 15 is 0 Å². The van der Waals surface area contributed by atoms with E-state index in [1.54, 1.807) is 10.9 Å². The molecule has 1 aromatic heterocycles. The number of hydrogen-bond donors (Lipinski definition) is 5. The lowest BCUT2D eigenvalue weighted by Gasteiger charge is -2.22. The molecule has 0 bridgehead atoms. The summed E-state index contributed by atoms with van der Waals surface area (Å²) in [6, 6.07) is 32.7. The maximum absolute atomic E-state index is 14.1. The van der Waals surface area contributed by atoms with Gasteiger partial charge in [0.2, 0.25) is 11.8 Å². The van der Waals surface area contributed by atoms with E-state index in [0.717, 1.165) is 56.8 Å². The van der Waals surface area contributed by atoms with Crippen LogP contribution in [0.1, 0.15) is 69.7 Å². The fraction of sp³-hybridized carbons (Fsp3) is 0.340. The van der Waals surface area contributed by atoms with Gasteiger partial charge in [-0.1, -0.05) is 110 Å². The molecular formula is C47H59Cl2N9O4. The smallest absolute Gasteiger partial charge is 0.245 e. The van der Waals surface area contributed by atoms with Crippen LogP contribution < -0.4 is 37.3 Å². The summed E-state index contributed by atoms with van der Waals surface area (Å²) < 4.78 is 14.7. The fourth-order valence-electron chi connectivity index (χ4n) is 7.16. The number of guanidine groups is 1. The fourth-order valence-corrected chi connectivity index (χ4v) is 7.16. The molecule has 15 heteroatoms. The Labute approximate surface area is 376 Å². The first-order valence-electron chi connectivity index (χ1n) is 20.8. The number of amides is 2. The molecule has 0 saturated heterocycles. The van der Waals surface area contributed by atoms with Crippen molar-refractivity contribution in [3.63, 3.8) is 0 Å². The van der Waals surface area contributed by atoms with Crippen LogP contribution in [0.2, 0.25) is 0 Å². The Morgan fingerprint density at radius 1 is 0.742 bits per heavy atom. The minimum Gasteiger partial charge on any atom is -0.493 e. The Balaban J connectivity index is 0.00000422. The lowest BCUT2D eigenvalue weighted by atomic mass is 9.92. The van der Waals surface area contributed by atoms with Gasteiger partial charge >= 0.3 is 0 Å². The molecule has 0 saturated carbocycles. The number of fused-ring (bicyclic) bond motifs is 2. The van der Waals surface area contributed by atoms with Gasteiger partial charge < -0.3 is 37.3 Å². The van der Waals surface area contributed by atoms with E-state index in [4.69, 9.17) is 26.7 Å². The van der Waals surface area contributed by atoms with Gasteiger partial charge in [0.05, 0.1) is 12.8 Å². The number of hydrogen-bond acceptors (Lipinski definition) is 8. The van der Waals surface area contributed by atoms with E-state index < -0.39 is 12.1 Å². The number of nitrogens with two attached hydrogens (primary N) is 3. The number of carbonyl (C=O) groups is 2. The van der Waals surface area contributed by atoms with Gasteiger partial charge in [-0.05, 0) is 90.2 Å². The van der Waals surface area contributed by atoms with Crippen LogP contribution in [0.3, 0.4) is 0 Å². The van der Waals surface area contributed by atoms with E-state index in [-0.39, 0.29) is 49.2 Å². The average molecular weight is 885 g/mol. The van der Waals surface area contributed by atoms with Gasteiger partial charge in [0.1, 0.15) is 35.9 Å². The van der Waals surface area contributed by atoms with Gasteiger partial charge in [-0.15, -0.1) is 29.9 Å². The maximum Gasteiger partial charge on any atom is 0.245 e. The quantitative estimate of drug-likeness (QED) is 0.0259. The van der Waals surface area contributed by atoms with Gasteiger partial charge in [0.25, 0.3) is 0 Å². The summed E-state index contributed by atoms with van der Waals surface area (Å²) in [5.74, 6) is 1.25. The summed E-state index contributed by atoms with van der Waals surface area (Å²) in [5, 5.41) is 19.1. The highest BCUT2D eigenvalue weighted by Crippen LogP contribution is 2.45. The number of unbranched alkanes of at least 4 members (excludes halogenated alkanes) is 1. The number of carbonyl (C=O) groups excluding carboxylic acids is 2. The van der Waals surface area contributed by atoms with Crippen LogP contribution in [0.25, 0.3) is 32.7 Å². The number of ether oxygens (including phenoxy) is 2. The summed E-state index contributed by atoms with van der Waals surface area (Å²) in [7, 11) is 0. The Hall–Kier alpha value is -5.89. The summed E-state index contributed by atoms with van der Waals surface area (Å²) in [4.78, 5) is 31.7. The number of nitrogens with zero attached hydrogens (tertiary/aromatic N) is 4. The van der Waals surface area contributed by atoms with E-state index in [1.807, 2.05) is 66.7 Å². The molecule has 6 rings (SSSR count). The van der Waals surface area contributed by atoms with Crippen LogP contribution >= 0.6 is 24.8 Å². The van der Waals surface area contributed by atoms with Crippen LogP contribution in [0.4, 0.5) is 0 Å². The highest BCUT2D eigenvalue weighted by molar-refractivity contribution is 6.09. The van der Waals surface area contributed by atoms with E-state index in [1.165, 1.54) is 0 Å². The number of aromatic nitrogens is 3. The zero-order chi connectivity index (χ0) is 42.3. The molecule has 330 valence electrons. The molecule has 62 heavy (non-hydrogen) atoms. The van der Waals surface area contributed by atoms with Crippen LogP contribution in [-0.4, -0.2) is 58.5 Å². The van der Waals surface area contributed by atoms with Crippen molar-refractivity contribution in [3.05, 3.63) is 121 Å². The summed E-state index contributed by atoms with van der Waals surface area (Å²) in [5.41, 5.74) is 20.3. The van der Waals surface area contributed by atoms with Crippen LogP contribution in [0.15, 0.2) is 114 Å². The summed E-state index contributed by atoms with van der Waals surface area (Å²) in [6.45, 7) is 6.17. The number of aliphatic imine (C=N–C) groups is 1. The van der Waals surface area contributed by atoms with Gasteiger partial charge in [0, 0.05) is 24.2 Å². The van der Waals surface area contributed by atoms with Crippen molar-refractivity contribution >= 4 is 64.1 Å². The minimum atomic E-state index is -0.835. The summed E-state index contributed by atoms with van der Waals surface area (Å²) >= 11 is 0. The van der Waals surface area contributed by atoms with E-state index in [0.29, 0.717) is 69.3 Å².